The van der Waals surface area contributed by atoms with Gasteiger partial charge < -0.3 is 9.47 Å². The van der Waals surface area contributed by atoms with E-state index < -0.39 is 0 Å². The van der Waals surface area contributed by atoms with Crippen molar-refractivity contribution in [3.8, 4) is 11.5 Å². The van der Waals surface area contributed by atoms with Gasteiger partial charge in [0.05, 0.1) is 0 Å². The summed E-state index contributed by atoms with van der Waals surface area (Å²) in [6.07, 6.45) is 11.7. The minimum absolute atomic E-state index is 0.270. The Morgan fingerprint density at radius 3 is 1.71 bits per heavy atom. The summed E-state index contributed by atoms with van der Waals surface area (Å²) >= 11 is 0. The summed E-state index contributed by atoms with van der Waals surface area (Å²) in [4.78, 5) is 24.1. The van der Waals surface area contributed by atoms with Gasteiger partial charge in [0.25, 0.3) is 0 Å². The molecule has 28 heavy (non-hydrogen) atoms. The second-order valence-corrected chi connectivity index (χ2v) is 7.91. The van der Waals surface area contributed by atoms with Crippen LogP contribution >= 0.6 is 0 Å². The minimum atomic E-state index is -0.277. The molecule has 4 nitrogen and oxygen atoms in total. The second-order valence-electron chi connectivity index (χ2n) is 7.91. The van der Waals surface area contributed by atoms with E-state index in [2.05, 4.69) is 20.8 Å². The maximum absolute atomic E-state index is 12.1. The molecule has 0 aliphatic rings. The Hall–Kier alpha value is -1.84. The van der Waals surface area contributed by atoms with Crippen molar-refractivity contribution in [3.05, 3.63) is 24.3 Å². The Labute approximate surface area is 171 Å². The van der Waals surface area contributed by atoms with Crippen LogP contribution in [0.4, 0.5) is 0 Å². The maximum atomic E-state index is 12.1. The molecular weight excluding hydrogens is 352 g/mol. The van der Waals surface area contributed by atoms with Crippen LogP contribution in [0.25, 0.3) is 0 Å². The van der Waals surface area contributed by atoms with Crippen LogP contribution in [0, 0.1) is 5.92 Å². The summed E-state index contributed by atoms with van der Waals surface area (Å²) < 4.78 is 10.8. The lowest BCUT2D eigenvalue weighted by atomic mass is 10.0. The van der Waals surface area contributed by atoms with Crippen LogP contribution in [0.2, 0.25) is 0 Å². The first-order chi connectivity index (χ1) is 13.5. The SMILES string of the molecule is CCCCCCC(=O)Oc1ccccc1OC(=O)CCCCCCCC(C)C. The van der Waals surface area contributed by atoms with Gasteiger partial charge in [0.1, 0.15) is 0 Å². The molecule has 1 aromatic rings. The van der Waals surface area contributed by atoms with Gasteiger partial charge in [-0.05, 0) is 30.9 Å². The number of carbonyl (C=O) groups excluding carboxylic acids is 2. The zero-order valence-electron chi connectivity index (χ0n) is 18.0. The highest BCUT2D eigenvalue weighted by Crippen LogP contribution is 2.27. The average molecular weight is 391 g/mol. The largest absolute Gasteiger partial charge is 0.423 e. The molecule has 0 amide bonds. The van der Waals surface area contributed by atoms with Crippen molar-refractivity contribution >= 4 is 11.9 Å². The van der Waals surface area contributed by atoms with Crippen molar-refractivity contribution in [2.45, 2.75) is 97.8 Å². The summed E-state index contributed by atoms with van der Waals surface area (Å²) in [5.41, 5.74) is 0. The Balaban J connectivity index is 2.31. The van der Waals surface area contributed by atoms with Gasteiger partial charge in [0, 0.05) is 12.8 Å². The average Bonchev–Trinajstić information content (AvgIpc) is 2.66. The Morgan fingerprint density at radius 1 is 0.750 bits per heavy atom. The molecule has 0 radical (unpaired) electrons. The van der Waals surface area contributed by atoms with Crippen molar-refractivity contribution in [1.82, 2.24) is 0 Å². The summed E-state index contributed by atoms with van der Waals surface area (Å²) in [7, 11) is 0. The van der Waals surface area contributed by atoms with E-state index in [1.54, 1.807) is 24.3 Å². The number of unbranched alkanes of at least 4 members (excludes halogenated alkanes) is 7. The number of ether oxygens (including phenoxy) is 2. The Kier molecular flexibility index (Phi) is 13.1. The van der Waals surface area contributed by atoms with E-state index in [-0.39, 0.29) is 11.9 Å². The fourth-order valence-corrected chi connectivity index (χ4v) is 3.01. The van der Waals surface area contributed by atoms with Gasteiger partial charge in [0.15, 0.2) is 11.5 Å². The van der Waals surface area contributed by atoms with Gasteiger partial charge in [-0.1, -0.05) is 84.3 Å². The molecule has 1 aromatic carbocycles. The number of benzene rings is 1. The third-order valence-corrected chi connectivity index (χ3v) is 4.69. The Bertz CT molecular complexity index is 565. The number of rotatable bonds is 15. The molecular formula is C24H38O4. The summed E-state index contributed by atoms with van der Waals surface area (Å²) in [6.45, 7) is 6.63. The van der Waals surface area contributed by atoms with E-state index in [0.29, 0.717) is 24.3 Å². The third kappa shape index (κ3) is 11.8. The van der Waals surface area contributed by atoms with Crippen LogP contribution in [0.5, 0.6) is 11.5 Å². The van der Waals surface area contributed by atoms with Crippen molar-refractivity contribution < 1.29 is 19.1 Å². The Morgan fingerprint density at radius 2 is 1.21 bits per heavy atom. The van der Waals surface area contributed by atoms with Gasteiger partial charge in [-0.3, -0.25) is 9.59 Å². The van der Waals surface area contributed by atoms with E-state index in [1.165, 1.54) is 19.3 Å². The second kappa shape index (κ2) is 15.1. The molecule has 0 aliphatic heterocycles. The molecule has 0 unspecified atom stereocenters. The minimum Gasteiger partial charge on any atom is -0.423 e. The fraction of sp³-hybridized carbons (Fsp3) is 0.667. The van der Waals surface area contributed by atoms with E-state index >= 15 is 0 Å². The number of carbonyl (C=O) groups is 2. The van der Waals surface area contributed by atoms with Crippen LogP contribution in [0.15, 0.2) is 24.3 Å². The number of hydrogen-bond acceptors (Lipinski definition) is 4. The standard InChI is InChI=1S/C24H38O4/c1-4-5-6-11-18-23(25)27-21-16-13-14-17-22(21)28-24(26)19-12-9-7-8-10-15-20(2)3/h13-14,16-17,20H,4-12,15,18-19H2,1-3H3. The molecule has 0 fully saturated rings. The quantitative estimate of drug-likeness (QED) is 0.187. The monoisotopic (exact) mass is 390 g/mol. The zero-order valence-corrected chi connectivity index (χ0v) is 18.0. The molecule has 0 spiro atoms. The van der Waals surface area contributed by atoms with Gasteiger partial charge in [-0.25, -0.2) is 0 Å². The first-order valence-electron chi connectivity index (χ1n) is 11.0. The molecule has 4 heteroatoms. The summed E-state index contributed by atoms with van der Waals surface area (Å²) in [6, 6.07) is 6.88. The maximum Gasteiger partial charge on any atom is 0.311 e. The van der Waals surface area contributed by atoms with Crippen LogP contribution < -0.4 is 9.47 Å². The van der Waals surface area contributed by atoms with Crippen LogP contribution in [0.1, 0.15) is 97.8 Å². The van der Waals surface area contributed by atoms with Crippen molar-refractivity contribution in [3.63, 3.8) is 0 Å². The number of esters is 2. The predicted molar refractivity (Wildman–Crippen MR) is 114 cm³/mol. The lowest BCUT2D eigenvalue weighted by Crippen LogP contribution is -2.12. The van der Waals surface area contributed by atoms with E-state index in [9.17, 15) is 9.59 Å². The normalized spacial score (nSPS) is 10.9. The molecule has 0 bridgehead atoms. The van der Waals surface area contributed by atoms with E-state index in [1.807, 2.05) is 0 Å². The van der Waals surface area contributed by atoms with Gasteiger partial charge >= 0.3 is 11.9 Å². The summed E-state index contributed by atoms with van der Waals surface area (Å²) in [5.74, 6) is 0.867. The fourth-order valence-electron chi connectivity index (χ4n) is 3.01. The molecule has 158 valence electrons. The lowest BCUT2D eigenvalue weighted by Gasteiger charge is -2.10. The highest BCUT2D eigenvalue weighted by molar-refractivity contribution is 5.76. The first kappa shape index (κ1) is 24.2. The lowest BCUT2D eigenvalue weighted by molar-refractivity contribution is -0.137. The highest BCUT2D eigenvalue weighted by Gasteiger charge is 2.13. The number of hydrogen-bond donors (Lipinski definition) is 0. The molecule has 0 saturated carbocycles. The molecule has 1 rings (SSSR count). The summed E-state index contributed by atoms with van der Waals surface area (Å²) in [5, 5.41) is 0. The topological polar surface area (TPSA) is 52.6 Å². The van der Waals surface area contributed by atoms with Crippen molar-refractivity contribution in [1.29, 1.82) is 0 Å². The number of para-hydroxylation sites is 2. The highest BCUT2D eigenvalue weighted by atomic mass is 16.6. The molecule has 0 saturated heterocycles. The molecule has 0 heterocycles. The zero-order chi connectivity index (χ0) is 20.6. The molecule has 0 aromatic heterocycles. The van der Waals surface area contributed by atoms with Crippen molar-refractivity contribution in [2.24, 2.45) is 5.92 Å². The molecule has 0 aliphatic carbocycles. The molecule has 0 N–H and O–H groups in total. The third-order valence-electron chi connectivity index (χ3n) is 4.69. The van der Waals surface area contributed by atoms with E-state index in [0.717, 1.165) is 50.9 Å². The smallest absolute Gasteiger partial charge is 0.311 e. The molecule has 0 atom stereocenters. The van der Waals surface area contributed by atoms with Crippen LogP contribution in [0.3, 0.4) is 0 Å². The first-order valence-corrected chi connectivity index (χ1v) is 11.0. The van der Waals surface area contributed by atoms with Gasteiger partial charge in [-0.2, -0.15) is 0 Å². The van der Waals surface area contributed by atoms with E-state index in [4.69, 9.17) is 9.47 Å². The van der Waals surface area contributed by atoms with Crippen LogP contribution in [-0.4, -0.2) is 11.9 Å². The van der Waals surface area contributed by atoms with Crippen LogP contribution in [-0.2, 0) is 9.59 Å². The predicted octanol–water partition coefficient (Wildman–Crippen LogP) is 6.85. The van der Waals surface area contributed by atoms with Crippen molar-refractivity contribution in [2.75, 3.05) is 0 Å². The van der Waals surface area contributed by atoms with Gasteiger partial charge in [-0.15, -0.1) is 0 Å². The van der Waals surface area contributed by atoms with Gasteiger partial charge in [0.2, 0.25) is 0 Å².